The third-order valence-electron chi connectivity index (χ3n) is 5.22. The van der Waals surface area contributed by atoms with Crippen molar-refractivity contribution in [1.29, 1.82) is 0 Å². The number of benzene rings is 1. The van der Waals surface area contributed by atoms with Gasteiger partial charge in [0.2, 0.25) is 0 Å². The molecule has 2 aliphatic heterocycles. The van der Waals surface area contributed by atoms with E-state index < -0.39 is 0 Å². The molecule has 7 heteroatoms. The fourth-order valence-electron chi connectivity index (χ4n) is 3.63. The van der Waals surface area contributed by atoms with Crippen LogP contribution in [0.2, 0.25) is 0 Å². The van der Waals surface area contributed by atoms with Gasteiger partial charge in [-0.1, -0.05) is 12.1 Å². The molecule has 1 N–H and O–H groups in total. The highest BCUT2D eigenvalue weighted by Crippen LogP contribution is 2.21. The van der Waals surface area contributed by atoms with Crippen LogP contribution in [0.5, 0.6) is 0 Å². The van der Waals surface area contributed by atoms with Gasteiger partial charge in [0.25, 0.3) is 0 Å². The lowest BCUT2D eigenvalue weighted by Gasteiger charge is -2.35. The van der Waals surface area contributed by atoms with Crippen molar-refractivity contribution < 1.29 is 13.9 Å². The first kappa shape index (κ1) is 21.4. The first-order valence-corrected chi connectivity index (χ1v) is 11.3. The van der Waals surface area contributed by atoms with Crippen molar-refractivity contribution in [2.24, 2.45) is 4.99 Å². The van der Waals surface area contributed by atoms with Crippen LogP contribution in [0.15, 0.2) is 34.2 Å². The van der Waals surface area contributed by atoms with E-state index in [9.17, 15) is 4.39 Å². The molecule has 28 heavy (non-hydrogen) atoms. The molecule has 3 rings (SSSR count). The largest absolute Gasteiger partial charge is 0.376 e. The average molecular weight is 410 g/mol. The van der Waals surface area contributed by atoms with Gasteiger partial charge in [0.15, 0.2) is 5.96 Å². The fraction of sp³-hybridized carbons (Fsp3) is 0.667. The molecule has 1 unspecified atom stereocenters. The molecule has 2 aliphatic rings. The van der Waals surface area contributed by atoms with Crippen molar-refractivity contribution in [1.82, 2.24) is 10.2 Å². The maximum Gasteiger partial charge on any atom is 0.193 e. The molecule has 0 saturated carbocycles. The summed E-state index contributed by atoms with van der Waals surface area (Å²) in [4.78, 5) is 7.38. The molecule has 2 heterocycles. The van der Waals surface area contributed by atoms with Crippen LogP contribution < -0.4 is 5.32 Å². The lowest BCUT2D eigenvalue weighted by Crippen LogP contribution is -2.47. The Morgan fingerprint density at radius 1 is 1.29 bits per heavy atom. The van der Waals surface area contributed by atoms with Crippen LogP contribution in [0, 0.1) is 5.82 Å². The molecule has 0 radical (unpaired) electrons. The highest BCUT2D eigenvalue weighted by Gasteiger charge is 2.23. The van der Waals surface area contributed by atoms with E-state index >= 15 is 0 Å². The van der Waals surface area contributed by atoms with Crippen molar-refractivity contribution in [3.05, 3.63) is 30.1 Å². The minimum Gasteiger partial charge on any atom is -0.376 e. The fourth-order valence-corrected chi connectivity index (χ4v) is 4.44. The highest BCUT2D eigenvalue weighted by atomic mass is 32.2. The number of rotatable bonds is 7. The number of guanidine groups is 1. The summed E-state index contributed by atoms with van der Waals surface area (Å²) in [5.74, 6) is 1.56. The summed E-state index contributed by atoms with van der Waals surface area (Å²) in [6, 6.07) is 6.90. The van der Waals surface area contributed by atoms with E-state index in [0.29, 0.717) is 11.0 Å². The summed E-state index contributed by atoms with van der Waals surface area (Å²) < 4.78 is 25.5. The van der Waals surface area contributed by atoms with Gasteiger partial charge in [0.1, 0.15) is 5.82 Å². The van der Waals surface area contributed by atoms with E-state index in [2.05, 4.69) is 15.2 Å². The number of nitrogens with zero attached hydrogens (tertiary/aromatic N) is 2. The van der Waals surface area contributed by atoms with Gasteiger partial charge in [-0.25, -0.2) is 4.39 Å². The van der Waals surface area contributed by atoms with Crippen LogP contribution in [-0.4, -0.2) is 68.7 Å². The van der Waals surface area contributed by atoms with Crippen molar-refractivity contribution in [3.63, 3.8) is 0 Å². The van der Waals surface area contributed by atoms with Gasteiger partial charge in [-0.05, 0) is 44.2 Å². The van der Waals surface area contributed by atoms with Gasteiger partial charge in [-0.3, -0.25) is 4.99 Å². The molecule has 0 aromatic heterocycles. The number of piperidine rings is 1. The molecule has 0 bridgehead atoms. The molecule has 1 atom stereocenters. The lowest BCUT2D eigenvalue weighted by atomic mass is 10.1. The van der Waals surface area contributed by atoms with Gasteiger partial charge in [0, 0.05) is 43.9 Å². The smallest absolute Gasteiger partial charge is 0.193 e. The first-order valence-electron chi connectivity index (χ1n) is 10.3. The molecule has 1 aromatic carbocycles. The maximum absolute atomic E-state index is 13.7. The summed E-state index contributed by atoms with van der Waals surface area (Å²) >= 11 is 1.52. The zero-order chi connectivity index (χ0) is 19.6. The summed E-state index contributed by atoms with van der Waals surface area (Å²) in [5, 5.41) is 3.40. The third kappa shape index (κ3) is 6.64. The highest BCUT2D eigenvalue weighted by molar-refractivity contribution is 7.99. The number of ether oxygens (including phenoxy) is 2. The van der Waals surface area contributed by atoms with Crippen LogP contribution >= 0.6 is 11.8 Å². The number of thioether (sulfide) groups is 1. The predicted octanol–water partition coefficient (Wildman–Crippen LogP) is 3.54. The average Bonchev–Trinajstić information content (AvgIpc) is 2.75. The second-order valence-electron chi connectivity index (χ2n) is 7.26. The monoisotopic (exact) mass is 409 g/mol. The second-order valence-corrected chi connectivity index (χ2v) is 8.40. The zero-order valence-electron chi connectivity index (χ0n) is 16.7. The summed E-state index contributed by atoms with van der Waals surface area (Å²) in [5.41, 5.74) is 0. The Morgan fingerprint density at radius 3 is 2.82 bits per heavy atom. The molecular formula is C21H32FN3O2S. The van der Waals surface area contributed by atoms with Crippen molar-refractivity contribution in [2.75, 3.05) is 45.6 Å². The molecule has 2 saturated heterocycles. The van der Waals surface area contributed by atoms with Crippen LogP contribution in [0.4, 0.5) is 4.39 Å². The first-order chi connectivity index (χ1) is 13.8. The molecule has 1 aromatic rings. The Bertz CT molecular complexity index is 617. The summed E-state index contributed by atoms with van der Waals surface area (Å²) in [6.45, 7) is 4.24. The number of hydrogen-bond acceptors (Lipinski definition) is 4. The standard InChI is InChI=1S/C21H32FN3O2S/c1-23-21(24-11-15-28-20-8-3-2-7-19(20)22)25-12-9-17(10-13-25)27-16-18-6-4-5-14-26-18/h2-3,7-8,17-18H,4-6,9-16H2,1H3,(H,23,24). The van der Waals surface area contributed by atoms with Gasteiger partial charge >= 0.3 is 0 Å². The third-order valence-corrected chi connectivity index (χ3v) is 6.27. The summed E-state index contributed by atoms with van der Waals surface area (Å²) in [6.07, 6.45) is 6.18. The molecule has 2 fully saturated rings. The molecular weight excluding hydrogens is 377 g/mol. The Kier molecular flexibility index (Phi) is 8.89. The van der Waals surface area contributed by atoms with E-state index in [4.69, 9.17) is 9.47 Å². The van der Waals surface area contributed by atoms with E-state index in [0.717, 1.165) is 63.8 Å². The Labute approximate surface area is 172 Å². The van der Waals surface area contributed by atoms with Gasteiger partial charge in [-0.15, -0.1) is 11.8 Å². The molecule has 5 nitrogen and oxygen atoms in total. The normalized spacial score (nSPS) is 21.7. The topological polar surface area (TPSA) is 46.1 Å². The molecule has 0 amide bonds. The number of hydrogen-bond donors (Lipinski definition) is 1. The van der Waals surface area contributed by atoms with Crippen LogP contribution in [0.1, 0.15) is 32.1 Å². The number of aliphatic imine (C=N–C) groups is 1. The molecule has 0 aliphatic carbocycles. The van der Waals surface area contributed by atoms with Gasteiger partial charge in [0.05, 0.1) is 18.8 Å². The number of halogens is 1. The SMILES string of the molecule is CN=C(NCCSc1ccccc1F)N1CCC(OCC2CCCCO2)CC1. The molecule has 0 spiro atoms. The second kappa shape index (κ2) is 11.6. The minimum atomic E-state index is -0.155. The quantitative estimate of drug-likeness (QED) is 0.323. The number of nitrogens with one attached hydrogen (secondary N) is 1. The predicted molar refractivity (Wildman–Crippen MR) is 113 cm³/mol. The number of likely N-dealkylation sites (tertiary alicyclic amines) is 1. The van der Waals surface area contributed by atoms with E-state index in [1.807, 2.05) is 19.2 Å². The summed E-state index contributed by atoms with van der Waals surface area (Å²) in [7, 11) is 1.81. The van der Waals surface area contributed by atoms with Crippen LogP contribution in [0.3, 0.4) is 0 Å². The van der Waals surface area contributed by atoms with Crippen LogP contribution in [0.25, 0.3) is 0 Å². The van der Waals surface area contributed by atoms with Gasteiger partial charge in [-0.2, -0.15) is 0 Å². The Morgan fingerprint density at radius 2 is 2.11 bits per heavy atom. The maximum atomic E-state index is 13.7. The van der Waals surface area contributed by atoms with E-state index in [1.165, 1.54) is 30.7 Å². The molecule has 156 valence electrons. The van der Waals surface area contributed by atoms with Crippen molar-refractivity contribution in [2.45, 2.75) is 49.2 Å². The Balaban J connectivity index is 1.32. The lowest BCUT2D eigenvalue weighted by molar-refractivity contribution is -0.0721. The van der Waals surface area contributed by atoms with E-state index in [1.54, 1.807) is 6.07 Å². The Hall–Kier alpha value is -1.31. The van der Waals surface area contributed by atoms with Crippen molar-refractivity contribution >= 4 is 17.7 Å². The van der Waals surface area contributed by atoms with Crippen molar-refractivity contribution in [3.8, 4) is 0 Å². The van der Waals surface area contributed by atoms with E-state index in [-0.39, 0.29) is 11.9 Å². The van der Waals surface area contributed by atoms with Gasteiger partial charge < -0.3 is 19.7 Å². The zero-order valence-corrected chi connectivity index (χ0v) is 17.6. The van der Waals surface area contributed by atoms with Crippen LogP contribution in [-0.2, 0) is 9.47 Å². The minimum absolute atomic E-state index is 0.155.